The SMILES string of the molecule is OCCSc1nc(Cl)nc(-n2cccn2)n1. The molecule has 0 radical (unpaired) electrons. The van der Waals surface area contributed by atoms with Gasteiger partial charge in [-0.25, -0.2) is 4.68 Å². The number of aliphatic hydroxyl groups is 1. The molecule has 0 fully saturated rings. The van der Waals surface area contributed by atoms with E-state index in [9.17, 15) is 0 Å². The standard InChI is InChI=1S/C8H8ClN5OS/c9-6-11-7(14-3-1-2-10-14)13-8(12-6)16-5-4-15/h1-3,15H,4-5H2. The van der Waals surface area contributed by atoms with Crippen LogP contribution in [0.25, 0.3) is 5.95 Å². The van der Waals surface area contributed by atoms with Crippen LogP contribution in [0, 0.1) is 0 Å². The zero-order valence-electron chi connectivity index (χ0n) is 8.12. The van der Waals surface area contributed by atoms with Crippen LogP contribution in [-0.4, -0.2) is 42.2 Å². The minimum absolute atomic E-state index is 0.0606. The van der Waals surface area contributed by atoms with E-state index < -0.39 is 0 Å². The van der Waals surface area contributed by atoms with Crippen molar-refractivity contribution in [2.45, 2.75) is 5.16 Å². The van der Waals surface area contributed by atoms with Gasteiger partial charge in [-0.1, -0.05) is 11.8 Å². The molecule has 0 unspecified atom stereocenters. The molecule has 0 bridgehead atoms. The van der Waals surface area contributed by atoms with Crippen molar-refractivity contribution in [3.8, 4) is 5.95 Å². The molecular formula is C8H8ClN5OS. The van der Waals surface area contributed by atoms with Crippen LogP contribution in [0.5, 0.6) is 0 Å². The molecule has 0 saturated heterocycles. The summed E-state index contributed by atoms with van der Waals surface area (Å²) < 4.78 is 1.50. The molecule has 2 heterocycles. The molecule has 84 valence electrons. The lowest BCUT2D eigenvalue weighted by molar-refractivity contribution is 0.322. The predicted molar refractivity (Wildman–Crippen MR) is 59.8 cm³/mol. The second-order valence-electron chi connectivity index (χ2n) is 2.71. The Morgan fingerprint density at radius 1 is 1.38 bits per heavy atom. The van der Waals surface area contributed by atoms with E-state index in [1.165, 1.54) is 16.4 Å². The van der Waals surface area contributed by atoms with Gasteiger partial charge in [-0.15, -0.1) is 0 Å². The molecule has 16 heavy (non-hydrogen) atoms. The van der Waals surface area contributed by atoms with Gasteiger partial charge >= 0.3 is 0 Å². The van der Waals surface area contributed by atoms with Gasteiger partial charge in [0.2, 0.25) is 5.28 Å². The maximum absolute atomic E-state index is 8.71. The average Bonchev–Trinajstić information content (AvgIpc) is 2.79. The second-order valence-corrected chi connectivity index (χ2v) is 4.11. The number of hydrogen-bond donors (Lipinski definition) is 1. The molecular weight excluding hydrogens is 250 g/mol. The van der Waals surface area contributed by atoms with Gasteiger partial charge < -0.3 is 5.11 Å². The lowest BCUT2D eigenvalue weighted by Gasteiger charge is -2.02. The molecule has 0 aliphatic rings. The van der Waals surface area contributed by atoms with Gasteiger partial charge in [0.15, 0.2) is 5.16 Å². The molecule has 0 aromatic carbocycles. The van der Waals surface area contributed by atoms with E-state index in [1.807, 2.05) is 0 Å². The molecule has 2 rings (SSSR count). The molecule has 2 aromatic heterocycles. The minimum Gasteiger partial charge on any atom is -0.396 e. The number of thioether (sulfide) groups is 1. The number of hydrogen-bond acceptors (Lipinski definition) is 6. The summed E-state index contributed by atoms with van der Waals surface area (Å²) in [6.45, 7) is 0.0606. The van der Waals surface area contributed by atoms with Gasteiger partial charge in [-0.2, -0.15) is 20.1 Å². The van der Waals surface area contributed by atoms with Crippen LogP contribution >= 0.6 is 23.4 Å². The Morgan fingerprint density at radius 3 is 2.94 bits per heavy atom. The van der Waals surface area contributed by atoms with Crippen LogP contribution in [-0.2, 0) is 0 Å². The number of rotatable bonds is 4. The number of aromatic nitrogens is 5. The largest absolute Gasteiger partial charge is 0.396 e. The highest BCUT2D eigenvalue weighted by molar-refractivity contribution is 7.99. The van der Waals surface area contributed by atoms with Crippen LogP contribution in [0.1, 0.15) is 0 Å². The zero-order valence-corrected chi connectivity index (χ0v) is 9.69. The number of halogens is 1. The minimum atomic E-state index is 0.0606. The third-order valence-corrected chi connectivity index (χ3v) is 2.60. The summed E-state index contributed by atoms with van der Waals surface area (Å²) in [6, 6.07) is 1.76. The Hall–Kier alpha value is -1.18. The normalized spacial score (nSPS) is 10.6. The van der Waals surface area contributed by atoms with Crippen molar-refractivity contribution in [2.24, 2.45) is 0 Å². The lowest BCUT2D eigenvalue weighted by atomic mass is 10.7. The van der Waals surface area contributed by atoms with E-state index in [0.29, 0.717) is 16.9 Å². The van der Waals surface area contributed by atoms with Crippen molar-refractivity contribution >= 4 is 23.4 Å². The maximum atomic E-state index is 8.71. The van der Waals surface area contributed by atoms with Crippen molar-refractivity contribution in [1.82, 2.24) is 24.7 Å². The Labute approximate surface area is 101 Å². The van der Waals surface area contributed by atoms with Gasteiger partial charge in [-0.3, -0.25) is 0 Å². The molecule has 6 nitrogen and oxygen atoms in total. The van der Waals surface area contributed by atoms with E-state index in [2.05, 4.69) is 20.1 Å². The summed E-state index contributed by atoms with van der Waals surface area (Å²) in [6.07, 6.45) is 3.34. The molecule has 0 amide bonds. The fourth-order valence-electron chi connectivity index (χ4n) is 1.01. The summed E-state index contributed by atoms with van der Waals surface area (Å²) in [7, 11) is 0. The molecule has 0 atom stereocenters. The van der Waals surface area contributed by atoms with Crippen LogP contribution in [0.4, 0.5) is 0 Å². The fraction of sp³-hybridized carbons (Fsp3) is 0.250. The Bertz CT molecular complexity index is 463. The smallest absolute Gasteiger partial charge is 0.255 e. The third-order valence-electron chi connectivity index (χ3n) is 1.61. The average molecular weight is 258 g/mol. The lowest BCUT2D eigenvalue weighted by Crippen LogP contribution is -2.05. The van der Waals surface area contributed by atoms with Gasteiger partial charge in [-0.05, 0) is 17.7 Å². The predicted octanol–water partition coefficient (Wildman–Crippen LogP) is 0.795. The van der Waals surface area contributed by atoms with Gasteiger partial charge in [0.1, 0.15) is 0 Å². The summed E-state index contributed by atoms with van der Waals surface area (Å²) in [5, 5.41) is 13.3. The highest BCUT2D eigenvalue weighted by atomic mass is 35.5. The summed E-state index contributed by atoms with van der Waals surface area (Å²) >= 11 is 7.07. The monoisotopic (exact) mass is 257 g/mol. The van der Waals surface area contributed by atoms with Crippen molar-refractivity contribution < 1.29 is 5.11 Å². The first-order valence-corrected chi connectivity index (χ1v) is 5.81. The van der Waals surface area contributed by atoms with E-state index in [0.717, 1.165) is 0 Å². The molecule has 0 saturated carbocycles. The van der Waals surface area contributed by atoms with E-state index in [4.69, 9.17) is 16.7 Å². The highest BCUT2D eigenvalue weighted by Gasteiger charge is 2.07. The van der Waals surface area contributed by atoms with Crippen molar-refractivity contribution in [3.05, 3.63) is 23.7 Å². The second kappa shape index (κ2) is 5.24. The molecule has 8 heteroatoms. The van der Waals surface area contributed by atoms with Gasteiger partial charge in [0, 0.05) is 18.1 Å². The number of aliphatic hydroxyl groups excluding tert-OH is 1. The molecule has 2 aromatic rings. The molecule has 0 spiro atoms. The van der Waals surface area contributed by atoms with Crippen LogP contribution in [0.3, 0.4) is 0 Å². The van der Waals surface area contributed by atoms with Crippen LogP contribution in [0.15, 0.2) is 23.6 Å². The van der Waals surface area contributed by atoms with Crippen LogP contribution in [0.2, 0.25) is 5.28 Å². The van der Waals surface area contributed by atoms with Crippen molar-refractivity contribution in [2.75, 3.05) is 12.4 Å². The third kappa shape index (κ3) is 2.69. The van der Waals surface area contributed by atoms with Gasteiger partial charge in [0.25, 0.3) is 5.95 Å². The number of nitrogens with zero attached hydrogens (tertiary/aromatic N) is 5. The van der Waals surface area contributed by atoms with E-state index in [-0.39, 0.29) is 11.9 Å². The van der Waals surface area contributed by atoms with E-state index in [1.54, 1.807) is 18.5 Å². The molecule has 0 aliphatic carbocycles. The maximum Gasteiger partial charge on any atom is 0.255 e. The quantitative estimate of drug-likeness (QED) is 0.817. The fourth-order valence-corrected chi connectivity index (χ4v) is 1.79. The Morgan fingerprint density at radius 2 is 2.25 bits per heavy atom. The summed E-state index contributed by atoms with van der Waals surface area (Å²) in [5.74, 6) is 0.879. The Balaban J connectivity index is 2.29. The van der Waals surface area contributed by atoms with E-state index >= 15 is 0 Å². The molecule has 0 aliphatic heterocycles. The first-order valence-electron chi connectivity index (χ1n) is 4.45. The van der Waals surface area contributed by atoms with Gasteiger partial charge in [0.05, 0.1) is 6.61 Å². The first-order chi connectivity index (χ1) is 7.79. The summed E-state index contributed by atoms with van der Waals surface area (Å²) in [5.41, 5.74) is 0. The van der Waals surface area contributed by atoms with Crippen molar-refractivity contribution in [1.29, 1.82) is 0 Å². The van der Waals surface area contributed by atoms with Crippen LogP contribution < -0.4 is 0 Å². The van der Waals surface area contributed by atoms with Crippen molar-refractivity contribution in [3.63, 3.8) is 0 Å². The Kier molecular flexibility index (Phi) is 3.70. The molecule has 1 N–H and O–H groups in total. The highest BCUT2D eigenvalue weighted by Crippen LogP contribution is 2.15. The summed E-state index contributed by atoms with van der Waals surface area (Å²) in [4.78, 5) is 12.0. The zero-order chi connectivity index (χ0) is 11.4. The topological polar surface area (TPSA) is 76.7 Å². The first kappa shape index (κ1) is 11.3.